The number of aromatic nitrogens is 2. The average Bonchev–Trinajstić information content (AvgIpc) is 3.41. The minimum absolute atomic E-state index is 0.0542. The van der Waals surface area contributed by atoms with Gasteiger partial charge in [0.1, 0.15) is 5.60 Å². The van der Waals surface area contributed by atoms with Gasteiger partial charge in [-0.25, -0.2) is 4.98 Å². The molecule has 1 heterocycles. The van der Waals surface area contributed by atoms with E-state index in [1.807, 2.05) is 31.2 Å². The van der Waals surface area contributed by atoms with Crippen LogP contribution in [0.2, 0.25) is 5.02 Å². The van der Waals surface area contributed by atoms with E-state index in [1.165, 1.54) is 4.90 Å². The van der Waals surface area contributed by atoms with Gasteiger partial charge in [0.15, 0.2) is 5.78 Å². The second-order valence-electron chi connectivity index (χ2n) is 9.01. The Bertz CT molecular complexity index is 1320. The highest BCUT2D eigenvalue weighted by Crippen LogP contribution is 2.28. The third kappa shape index (κ3) is 5.73. The maximum absolute atomic E-state index is 13.4. The normalized spacial score (nSPS) is 13.6. The smallest absolute Gasteiger partial charge is 0.229 e. The number of aliphatic hydroxyl groups is 1. The molecular weight excluding hydrogens is 474 g/mol. The Morgan fingerprint density at radius 2 is 1.72 bits per heavy atom. The van der Waals surface area contributed by atoms with Crippen molar-refractivity contribution in [3.8, 4) is 0 Å². The van der Waals surface area contributed by atoms with Gasteiger partial charge in [0.2, 0.25) is 5.91 Å². The number of amides is 1. The van der Waals surface area contributed by atoms with Crippen molar-refractivity contribution in [2.75, 3.05) is 13.6 Å². The van der Waals surface area contributed by atoms with Crippen LogP contribution in [0.15, 0.2) is 97.6 Å². The van der Waals surface area contributed by atoms with Gasteiger partial charge >= 0.3 is 0 Å². The summed E-state index contributed by atoms with van der Waals surface area (Å²) in [7, 11) is 1.67. The van der Waals surface area contributed by atoms with E-state index >= 15 is 0 Å². The van der Waals surface area contributed by atoms with E-state index in [2.05, 4.69) is 4.98 Å². The number of rotatable bonds is 9. The lowest BCUT2D eigenvalue weighted by Crippen LogP contribution is -2.45. The molecule has 1 aromatic heterocycles. The molecule has 0 saturated carbocycles. The first-order chi connectivity index (χ1) is 17.3. The summed E-state index contributed by atoms with van der Waals surface area (Å²) >= 11 is 6.06. The third-order valence-electron chi connectivity index (χ3n) is 6.32. The largest absolute Gasteiger partial charge is 0.381 e. The Balaban J connectivity index is 1.55. The first-order valence-electron chi connectivity index (χ1n) is 11.7. The summed E-state index contributed by atoms with van der Waals surface area (Å²) in [5.41, 5.74) is 1.12. The molecule has 0 spiro atoms. The molecule has 0 bridgehead atoms. The number of benzene rings is 3. The lowest BCUT2D eigenvalue weighted by Gasteiger charge is -2.34. The van der Waals surface area contributed by atoms with Gasteiger partial charge in [-0.2, -0.15) is 0 Å². The maximum atomic E-state index is 13.4. The lowest BCUT2D eigenvalue weighted by molar-refractivity contribution is -0.135. The van der Waals surface area contributed by atoms with Gasteiger partial charge in [-0.15, -0.1) is 0 Å². The quantitative estimate of drug-likeness (QED) is 0.330. The van der Waals surface area contributed by atoms with Crippen molar-refractivity contribution >= 4 is 23.3 Å². The molecule has 0 saturated heterocycles. The van der Waals surface area contributed by atoms with Crippen molar-refractivity contribution in [1.29, 1.82) is 0 Å². The Kier molecular flexibility index (Phi) is 7.67. The van der Waals surface area contributed by atoms with Crippen molar-refractivity contribution in [2.24, 2.45) is 0 Å². The Labute approximate surface area is 215 Å². The zero-order chi connectivity index (χ0) is 25.7. The second-order valence-corrected chi connectivity index (χ2v) is 9.45. The zero-order valence-corrected chi connectivity index (χ0v) is 21.0. The van der Waals surface area contributed by atoms with Crippen molar-refractivity contribution in [1.82, 2.24) is 14.5 Å². The van der Waals surface area contributed by atoms with E-state index in [0.29, 0.717) is 21.7 Å². The lowest BCUT2D eigenvalue weighted by atomic mass is 9.91. The first-order valence-corrected chi connectivity index (χ1v) is 12.0. The van der Waals surface area contributed by atoms with Crippen LogP contribution in [0.1, 0.15) is 39.9 Å². The van der Waals surface area contributed by atoms with E-state index < -0.39 is 11.5 Å². The van der Waals surface area contributed by atoms with E-state index in [9.17, 15) is 14.7 Å². The Hall–Kier alpha value is -3.74. The molecule has 2 atom stereocenters. The van der Waals surface area contributed by atoms with Gasteiger partial charge in [-0.3, -0.25) is 9.59 Å². The summed E-state index contributed by atoms with van der Waals surface area (Å²) in [6.07, 6.45) is 5.03. The van der Waals surface area contributed by atoms with E-state index in [4.69, 9.17) is 11.6 Å². The summed E-state index contributed by atoms with van der Waals surface area (Å²) in [4.78, 5) is 31.9. The number of carbonyl (C=O) groups is 2. The summed E-state index contributed by atoms with van der Waals surface area (Å²) in [5.74, 6) is -0.776. The predicted octanol–water partition coefficient (Wildman–Crippen LogP) is 4.92. The fraction of sp³-hybridized carbons (Fsp3) is 0.207. The number of nitrogens with zero attached hydrogens (tertiary/aromatic N) is 3. The standard InChI is InChI=1S/C29H28ClN3O3/c1-21(23-9-6-10-24(17-23)27(34)22-7-4-3-5-8-22)28(35)32(2)18-29(36,19-33-16-15-31-20-33)25-11-13-26(30)14-12-25/h3-17,20-21,36H,18-19H2,1-2H3. The number of ketones is 1. The summed E-state index contributed by atoms with van der Waals surface area (Å²) in [5, 5.41) is 12.3. The molecule has 7 heteroatoms. The topological polar surface area (TPSA) is 75.4 Å². The van der Waals surface area contributed by atoms with Crippen LogP contribution in [0.5, 0.6) is 0 Å². The van der Waals surface area contributed by atoms with Crippen LogP contribution >= 0.6 is 11.6 Å². The van der Waals surface area contributed by atoms with Gasteiger partial charge < -0.3 is 14.6 Å². The molecule has 0 fully saturated rings. The molecule has 0 radical (unpaired) electrons. The first kappa shape index (κ1) is 25.4. The molecule has 1 N–H and O–H groups in total. The Morgan fingerprint density at radius 3 is 2.39 bits per heavy atom. The van der Waals surface area contributed by atoms with Gasteiger partial charge in [0, 0.05) is 35.6 Å². The van der Waals surface area contributed by atoms with E-state index in [1.54, 1.807) is 84.9 Å². The molecule has 0 aliphatic rings. The molecule has 184 valence electrons. The van der Waals surface area contributed by atoms with E-state index in [0.717, 1.165) is 5.56 Å². The highest BCUT2D eigenvalue weighted by Gasteiger charge is 2.34. The minimum Gasteiger partial charge on any atom is -0.381 e. The van der Waals surface area contributed by atoms with Gasteiger partial charge in [-0.1, -0.05) is 72.3 Å². The van der Waals surface area contributed by atoms with Crippen molar-refractivity contribution in [3.63, 3.8) is 0 Å². The minimum atomic E-state index is -1.37. The molecule has 1 amide bonds. The molecule has 4 rings (SSSR count). The van der Waals surface area contributed by atoms with Crippen LogP contribution in [0, 0.1) is 0 Å². The number of carbonyl (C=O) groups excluding carboxylic acids is 2. The number of halogens is 1. The summed E-state index contributed by atoms with van der Waals surface area (Å²) < 4.78 is 1.77. The molecule has 2 unspecified atom stereocenters. The molecule has 36 heavy (non-hydrogen) atoms. The number of imidazole rings is 1. The van der Waals surface area contributed by atoms with Crippen LogP contribution < -0.4 is 0 Å². The number of hydrogen-bond donors (Lipinski definition) is 1. The van der Waals surface area contributed by atoms with Crippen LogP contribution in [-0.2, 0) is 16.9 Å². The molecule has 3 aromatic carbocycles. The van der Waals surface area contributed by atoms with Gasteiger partial charge in [0.25, 0.3) is 0 Å². The number of hydrogen-bond acceptors (Lipinski definition) is 4. The maximum Gasteiger partial charge on any atom is 0.229 e. The third-order valence-corrected chi connectivity index (χ3v) is 6.57. The predicted molar refractivity (Wildman–Crippen MR) is 140 cm³/mol. The van der Waals surface area contributed by atoms with Gasteiger partial charge in [0.05, 0.1) is 25.3 Å². The monoisotopic (exact) mass is 501 g/mol. The highest BCUT2D eigenvalue weighted by atomic mass is 35.5. The molecule has 6 nitrogen and oxygen atoms in total. The Morgan fingerprint density at radius 1 is 1.03 bits per heavy atom. The van der Waals surface area contributed by atoms with E-state index in [-0.39, 0.29) is 24.8 Å². The number of likely N-dealkylation sites (N-methyl/N-ethyl adjacent to an activating group) is 1. The van der Waals surface area contributed by atoms with Crippen LogP contribution in [0.4, 0.5) is 0 Å². The SMILES string of the molecule is CC(C(=O)N(C)CC(O)(Cn1ccnc1)c1ccc(Cl)cc1)c1cccc(C(=O)c2ccccc2)c1. The highest BCUT2D eigenvalue weighted by molar-refractivity contribution is 6.30. The second kappa shape index (κ2) is 10.9. The zero-order valence-electron chi connectivity index (χ0n) is 20.2. The van der Waals surface area contributed by atoms with Crippen molar-refractivity contribution in [3.05, 3.63) is 125 Å². The van der Waals surface area contributed by atoms with Crippen molar-refractivity contribution in [2.45, 2.75) is 25.0 Å². The van der Waals surface area contributed by atoms with Gasteiger partial charge in [-0.05, 0) is 36.2 Å². The fourth-order valence-electron chi connectivity index (χ4n) is 4.32. The molecule has 0 aliphatic heterocycles. The molecular formula is C29H28ClN3O3. The average molecular weight is 502 g/mol. The van der Waals surface area contributed by atoms with Crippen LogP contribution in [0.25, 0.3) is 0 Å². The van der Waals surface area contributed by atoms with Crippen LogP contribution in [0.3, 0.4) is 0 Å². The van der Waals surface area contributed by atoms with Crippen molar-refractivity contribution < 1.29 is 14.7 Å². The summed E-state index contributed by atoms with van der Waals surface area (Å²) in [6, 6.07) is 23.2. The molecule has 4 aromatic rings. The fourth-order valence-corrected chi connectivity index (χ4v) is 4.45. The summed E-state index contributed by atoms with van der Waals surface area (Å²) in [6.45, 7) is 2.07. The molecule has 0 aliphatic carbocycles. The van der Waals surface area contributed by atoms with Crippen LogP contribution in [-0.4, -0.2) is 44.8 Å².